The average molecular weight is 410 g/mol. The van der Waals surface area contributed by atoms with E-state index in [9.17, 15) is 24.6 Å². The van der Waals surface area contributed by atoms with Crippen LogP contribution in [0.15, 0.2) is 39.6 Å². The molecule has 0 aliphatic rings. The SMILES string of the molecule is COc1ccc(C=CC(=O)n2c(O)c(O)cc(Br)c2=O)cc1C(=O)O. The van der Waals surface area contributed by atoms with E-state index in [2.05, 4.69) is 15.9 Å². The van der Waals surface area contributed by atoms with Crippen molar-refractivity contribution in [3.8, 4) is 17.4 Å². The minimum absolute atomic E-state index is 0.0998. The molecule has 2 aromatic rings. The molecule has 9 heteroatoms. The van der Waals surface area contributed by atoms with Crippen LogP contribution >= 0.6 is 15.9 Å². The highest BCUT2D eigenvalue weighted by Crippen LogP contribution is 2.25. The first-order chi connectivity index (χ1) is 11.8. The molecule has 1 heterocycles. The van der Waals surface area contributed by atoms with Crippen molar-refractivity contribution in [2.24, 2.45) is 0 Å². The van der Waals surface area contributed by atoms with E-state index >= 15 is 0 Å². The van der Waals surface area contributed by atoms with Gasteiger partial charge >= 0.3 is 5.97 Å². The number of hydrogen-bond donors (Lipinski definition) is 3. The van der Waals surface area contributed by atoms with Crippen molar-refractivity contribution in [3.05, 3.63) is 56.3 Å². The van der Waals surface area contributed by atoms with Crippen LogP contribution in [0.25, 0.3) is 6.08 Å². The van der Waals surface area contributed by atoms with Crippen molar-refractivity contribution in [2.75, 3.05) is 7.11 Å². The molecule has 0 bridgehead atoms. The van der Waals surface area contributed by atoms with Gasteiger partial charge in [-0.2, -0.15) is 0 Å². The fourth-order valence-electron chi connectivity index (χ4n) is 2.01. The number of aromatic nitrogens is 1. The summed E-state index contributed by atoms with van der Waals surface area (Å²) in [5, 5.41) is 28.3. The van der Waals surface area contributed by atoms with Crippen LogP contribution in [0.1, 0.15) is 20.7 Å². The Hall–Kier alpha value is -3.07. The van der Waals surface area contributed by atoms with Gasteiger partial charge in [0.25, 0.3) is 11.5 Å². The molecule has 0 atom stereocenters. The third kappa shape index (κ3) is 3.72. The number of rotatable bonds is 4. The number of aromatic carboxylic acids is 1. The van der Waals surface area contributed by atoms with Crippen LogP contribution in [0.5, 0.6) is 17.4 Å². The smallest absolute Gasteiger partial charge is 0.339 e. The Labute approximate surface area is 149 Å². The topological polar surface area (TPSA) is 126 Å². The third-order valence-electron chi connectivity index (χ3n) is 3.20. The van der Waals surface area contributed by atoms with Crippen molar-refractivity contribution in [1.29, 1.82) is 0 Å². The highest BCUT2D eigenvalue weighted by molar-refractivity contribution is 9.10. The van der Waals surface area contributed by atoms with Crippen molar-refractivity contribution < 1.29 is 29.6 Å². The number of hydrogen-bond acceptors (Lipinski definition) is 6. The molecule has 130 valence electrons. The Morgan fingerprint density at radius 3 is 2.52 bits per heavy atom. The fraction of sp³-hybridized carbons (Fsp3) is 0.0625. The van der Waals surface area contributed by atoms with Gasteiger partial charge in [0, 0.05) is 12.1 Å². The minimum Gasteiger partial charge on any atom is -0.503 e. The number of halogens is 1. The van der Waals surface area contributed by atoms with Gasteiger partial charge < -0.3 is 20.1 Å². The van der Waals surface area contributed by atoms with Gasteiger partial charge in [-0.05, 0) is 39.7 Å². The lowest BCUT2D eigenvalue weighted by atomic mass is 10.1. The van der Waals surface area contributed by atoms with Gasteiger partial charge in [-0.25, -0.2) is 9.36 Å². The van der Waals surface area contributed by atoms with Crippen molar-refractivity contribution in [2.45, 2.75) is 0 Å². The van der Waals surface area contributed by atoms with Gasteiger partial charge in [-0.15, -0.1) is 0 Å². The van der Waals surface area contributed by atoms with Crippen LogP contribution < -0.4 is 10.3 Å². The van der Waals surface area contributed by atoms with E-state index in [4.69, 9.17) is 9.84 Å². The summed E-state index contributed by atoms with van der Waals surface area (Å²) >= 11 is 2.88. The zero-order valence-corrected chi connectivity index (χ0v) is 14.3. The van der Waals surface area contributed by atoms with Crippen LogP contribution in [0.3, 0.4) is 0 Å². The summed E-state index contributed by atoms with van der Waals surface area (Å²) in [5.74, 6) is -3.52. The number of carbonyl (C=O) groups is 2. The Balaban J connectivity index is 2.41. The van der Waals surface area contributed by atoms with E-state index in [1.165, 1.54) is 31.4 Å². The molecule has 0 unspecified atom stereocenters. The monoisotopic (exact) mass is 409 g/mol. The number of ether oxygens (including phenoxy) is 1. The second kappa shape index (κ2) is 7.22. The molecule has 0 fully saturated rings. The molecular formula is C16H12BrNO7. The lowest BCUT2D eigenvalue weighted by molar-refractivity contribution is 0.0693. The normalized spacial score (nSPS) is 10.8. The number of carboxylic acid groups (broad SMARTS) is 1. The fourth-order valence-corrected chi connectivity index (χ4v) is 2.40. The van der Waals surface area contributed by atoms with Crippen molar-refractivity contribution in [3.63, 3.8) is 0 Å². The number of methoxy groups -OCH3 is 1. The Bertz CT molecular complexity index is 946. The van der Waals surface area contributed by atoms with Crippen LogP contribution in [0, 0.1) is 0 Å². The van der Waals surface area contributed by atoms with E-state index in [0.717, 1.165) is 12.1 Å². The second-order valence-corrected chi connectivity index (χ2v) is 5.63. The van der Waals surface area contributed by atoms with Crippen molar-refractivity contribution in [1.82, 2.24) is 4.57 Å². The molecule has 3 N–H and O–H groups in total. The maximum Gasteiger partial charge on any atom is 0.339 e. The highest BCUT2D eigenvalue weighted by Gasteiger charge is 2.16. The van der Waals surface area contributed by atoms with Gasteiger partial charge in [0.15, 0.2) is 5.75 Å². The van der Waals surface area contributed by atoms with Gasteiger partial charge in [0.2, 0.25) is 5.88 Å². The average Bonchev–Trinajstić information content (AvgIpc) is 2.58. The Kier molecular flexibility index (Phi) is 5.28. The Morgan fingerprint density at radius 2 is 1.92 bits per heavy atom. The molecule has 0 aliphatic carbocycles. The zero-order chi connectivity index (χ0) is 18.7. The Morgan fingerprint density at radius 1 is 1.24 bits per heavy atom. The molecule has 1 aromatic heterocycles. The van der Waals surface area contributed by atoms with Crippen molar-refractivity contribution >= 4 is 33.9 Å². The summed E-state index contributed by atoms with van der Waals surface area (Å²) in [6, 6.07) is 5.18. The van der Waals surface area contributed by atoms with Gasteiger partial charge in [0.05, 0.1) is 11.6 Å². The largest absolute Gasteiger partial charge is 0.503 e. The summed E-state index contributed by atoms with van der Waals surface area (Å²) in [4.78, 5) is 35.2. The van der Waals surface area contributed by atoms with Crippen LogP contribution in [-0.2, 0) is 0 Å². The molecule has 8 nitrogen and oxygen atoms in total. The first-order valence-electron chi connectivity index (χ1n) is 6.73. The summed E-state index contributed by atoms with van der Waals surface area (Å²) in [5.41, 5.74) is -0.596. The predicted octanol–water partition coefficient (Wildman–Crippen LogP) is 2.08. The zero-order valence-electron chi connectivity index (χ0n) is 12.8. The molecule has 0 saturated heterocycles. The van der Waals surface area contributed by atoms with Crippen LogP contribution in [-0.4, -0.2) is 38.9 Å². The molecule has 2 rings (SSSR count). The van der Waals surface area contributed by atoms with E-state index in [1.54, 1.807) is 0 Å². The lowest BCUT2D eigenvalue weighted by Gasteiger charge is -2.07. The van der Waals surface area contributed by atoms with Gasteiger partial charge in [-0.1, -0.05) is 6.07 Å². The van der Waals surface area contributed by atoms with E-state index in [1.807, 2.05) is 0 Å². The number of aromatic hydroxyl groups is 2. The maximum atomic E-state index is 12.1. The number of nitrogens with zero attached hydrogens (tertiary/aromatic N) is 1. The summed E-state index contributed by atoms with van der Waals surface area (Å²) < 4.78 is 5.19. The standard InChI is InChI=1S/C16H12BrNO7/c1-25-12-4-2-8(6-9(12)16(23)24)3-5-13(20)18-14(21)10(17)7-11(19)15(18)22/h2-7,19,22H,1H3,(H,23,24). The number of benzene rings is 1. The molecule has 0 saturated carbocycles. The molecule has 0 radical (unpaired) electrons. The molecule has 0 aliphatic heterocycles. The minimum atomic E-state index is -1.20. The van der Waals surface area contributed by atoms with Crippen LogP contribution in [0.4, 0.5) is 0 Å². The van der Waals surface area contributed by atoms with Gasteiger partial charge in [0.1, 0.15) is 11.3 Å². The number of carboxylic acids is 1. The molecule has 1 aromatic carbocycles. The molecule has 0 amide bonds. The maximum absolute atomic E-state index is 12.1. The number of pyridine rings is 1. The van der Waals surface area contributed by atoms with E-state index in [0.29, 0.717) is 10.1 Å². The number of allylic oxidation sites excluding steroid dienone is 1. The lowest BCUT2D eigenvalue weighted by Crippen LogP contribution is -2.25. The van der Waals surface area contributed by atoms with Crippen LogP contribution in [0.2, 0.25) is 0 Å². The quantitative estimate of drug-likeness (QED) is 0.659. The molecular weight excluding hydrogens is 398 g/mol. The first-order valence-corrected chi connectivity index (χ1v) is 7.52. The first kappa shape index (κ1) is 18.3. The summed E-state index contributed by atoms with van der Waals surface area (Å²) in [7, 11) is 1.33. The van der Waals surface area contributed by atoms with Gasteiger partial charge in [-0.3, -0.25) is 9.59 Å². The predicted molar refractivity (Wildman–Crippen MR) is 91.3 cm³/mol. The second-order valence-electron chi connectivity index (χ2n) is 4.78. The number of carbonyl (C=O) groups excluding carboxylic acids is 1. The van der Waals surface area contributed by atoms with E-state index in [-0.39, 0.29) is 15.8 Å². The summed E-state index contributed by atoms with van der Waals surface area (Å²) in [6.45, 7) is 0. The van der Waals surface area contributed by atoms with E-state index < -0.39 is 29.1 Å². The molecule has 25 heavy (non-hydrogen) atoms. The highest BCUT2D eigenvalue weighted by atomic mass is 79.9. The summed E-state index contributed by atoms with van der Waals surface area (Å²) in [6.07, 6.45) is 2.22. The molecule has 0 spiro atoms. The third-order valence-corrected chi connectivity index (χ3v) is 3.77.